The Bertz CT molecular complexity index is 393. The summed E-state index contributed by atoms with van der Waals surface area (Å²) < 4.78 is 0. The highest BCUT2D eigenvalue weighted by atomic mass is 17.3. The highest BCUT2D eigenvalue weighted by Gasteiger charge is 2.40. The van der Waals surface area contributed by atoms with Crippen molar-refractivity contribution in [3.8, 4) is 0 Å². The van der Waals surface area contributed by atoms with Crippen LogP contribution in [0.2, 0.25) is 0 Å². The minimum atomic E-state index is -0.918. The van der Waals surface area contributed by atoms with Gasteiger partial charge < -0.3 is 0 Å². The van der Waals surface area contributed by atoms with Crippen molar-refractivity contribution in [3.63, 3.8) is 0 Å². The highest BCUT2D eigenvalue weighted by Crippen LogP contribution is 2.36. The molecule has 0 aliphatic heterocycles. The summed E-state index contributed by atoms with van der Waals surface area (Å²) in [5.41, 5.74) is -0.544. The van der Waals surface area contributed by atoms with Gasteiger partial charge in [-0.15, -0.1) is 0 Å². The van der Waals surface area contributed by atoms with Crippen LogP contribution in [0.25, 0.3) is 0 Å². The van der Waals surface area contributed by atoms with E-state index in [2.05, 4.69) is 83.1 Å². The zero-order chi connectivity index (χ0) is 21.7. The molecule has 0 bridgehead atoms. The molecule has 0 amide bonds. The third-order valence-corrected chi connectivity index (χ3v) is 4.01. The van der Waals surface area contributed by atoms with E-state index in [1.807, 2.05) is 6.92 Å². The summed E-state index contributed by atoms with van der Waals surface area (Å²) in [5.74, 6) is -0.535. The smallest absolute Gasteiger partial charge is 0.228 e. The van der Waals surface area contributed by atoms with E-state index in [0.717, 1.165) is 12.8 Å². The van der Waals surface area contributed by atoms with Crippen LogP contribution in [0, 0.1) is 16.7 Å². The van der Waals surface area contributed by atoms with Crippen LogP contribution in [-0.4, -0.2) is 17.0 Å². The topological polar surface area (TPSA) is 36.9 Å². The monoisotopic (exact) mass is 388 g/mol. The Kier molecular flexibility index (Phi) is 9.50. The fraction of sp³-hybridized carbons (Fsp3) is 1.00. The lowest BCUT2D eigenvalue weighted by Crippen LogP contribution is -2.44. The first-order valence-electron chi connectivity index (χ1n) is 10.5. The van der Waals surface area contributed by atoms with E-state index in [-0.39, 0.29) is 10.8 Å². The summed E-state index contributed by atoms with van der Waals surface area (Å²) in [6.45, 7) is 27.8. The van der Waals surface area contributed by atoms with Gasteiger partial charge in [-0.05, 0) is 57.3 Å². The molecule has 0 fully saturated rings. The van der Waals surface area contributed by atoms with Crippen molar-refractivity contribution in [3.05, 3.63) is 0 Å². The van der Waals surface area contributed by atoms with Crippen LogP contribution in [0.3, 0.4) is 0 Å². The van der Waals surface area contributed by atoms with Gasteiger partial charge in [0, 0.05) is 12.8 Å². The average molecular weight is 389 g/mol. The standard InChI is InChI=1S/C23H48O4/c1-14-23(15-18(2)3,26-24-21(10,11)16-19(4,5)6)27-25-22(12,13)17-20(7,8)9/h18H,14-17H2,1-13H3. The van der Waals surface area contributed by atoms with Crippen LogP contribution in [0.15, 0.2) is 0 Å². The maximum atomic E-state index is 5.98. The van der Waals surface area contributed by atoms with Crippen LogP contribution in [0.5, 0.6) is 0 Å². The van der Waals surface area contributed by atoms with E-state index in [9.17, 15) is 0 Å². The fourth-order valence-corrected chi connectivity index (χ4v) is 3.96. The summed E-state index contributed by atoms with van der Waals surface area (Å²) in [4.78, 5) is 23.8. The minimum Gasteiger partial charge on any atom is -0.228 e. The van der Waals surface area contributed by atoms with Gasteiger partial charge in [-0.1, -0.05) is 62.3 Å². The van der Waals surface area contributed by atoms with Crippen molar-refractivity contribution in [1.29, 1.82) is 0 Å². The summed E-state index contributed by atoms with van der Waals surface area (Å²) in [6, 6.07) is 0. The second-order valence-corrected chi connectivity index (χ2v) is 12.2. The van der Waals surface area contributed by atoms with E-state index < -0.39 is 17.0 Å². The molecule has 0 saturated carbocycles. The summed E-state index contributed by atoms with van der Waals surface area (Å²) in [5, 5.41) is 0. The molecule has 4 nitrogen and oxygen atoms in total. The third-order valence-electron chi connectivity index (χ3n) is 4.01. The largest absolute Gasteiger partial charge is 0.234 e. The molecule has 164 valence electrons. The van der Waals surface area contributed by atoms with Crippen LogP contribution < -0.4 is 0 Å². The van der Waals surface area contributed by atoms with E-state index >= 15 is 0 Å². The lowest BCUT2D eigenvalue weighted by Gasteiger charge is -2.39. The molecule has 0 aromatic heterocycles. The van der Waals surface area contributed by atoms with Gasteiger partial charge in [0.2, 0.25) is 5.79 Å². The summed E-state index contributed by atoms with van der Waals surface area (Å²) >= 11 is 0. The van der Waals surface area contributed by atoms with Gasteiger partial charge in [0.05, 0.1) is 11.2 Å². The molecule has 27 heavy (non-hydrogen) atoms. The Balaban J connectivity index is 5.21. The Morgan fingerprint density at radius 2 is 0.926 bits per heavy atom. The molecule has 0 aliphatic carbocycles. The van der Waals surface area contributed by atoms with Gasteiger partial charge in [-0.3, -0.25) is 0 Å². The molecule has 0 atom stereocenters. The first-order valence-corrected chi connectivity index (χ1v) is 10.5. The van der Waals surface area contributed by atoms with Crippen molar-refractivity contribution in [2.24, 2.45) is 16.7 Å². The molecular formula is C23H48O4. The number of rotatable bonds is 11. The van der Waals surface area contributed by atoms with Crippen molar-refractivity contribution in [2.45, 2.75) is 133 Å². The van der Waals surface area contributed by atoms with Crippen molar-refractivity contribution < 1.29 is 19.6 Å². The van der Waals surface area contributed by atoms with Crippen LogP contribution in [-0.2, 0) is 19.6 Å². The maximum Gasteiger partial charge on any atom is 0.234 e. The molecule has 0 N–H and O–H groups in total. The van der Waals surface area contributed by atoms with Crippen molar-refractivity contribution >= 4 is 0 Å². The van der Waals surface area contributed by atoms with E-state index in [1.165, 1.54) is 0 Å². The molecule has 0 aliphatic rings. The lowest BCUT2D eigenvalue weighted by atomic mass is 9.84. The van der Waals surface area contributed by atoms with Crippen LogP contribution in [0.4, 0.5) is 0 Å². The number of hydrogen-bond donors (Lipinski definition) is 0. The SMILES string of the molecule is CCC(CC(C)C)(OOC(C)(C)CC(C)(C)C)OOC(C)(C)CC(C)(C)C. The Labute approximate surface area is 169 Å². The van der Waals surface area contributed by atoms with E-state index in [0.29, 0.717) is 18.8 Å². The van der Waals surface area contributed by atoms with Gasteiger partial charge in [0.25, 0.3) is 0 Å². The molecule has 0 aromatic carbocycles. The fourth-order valence-electron chi connectivity index (χ4n) is 3.96. The predicted molar refractivity (Wildman–Crippen MR) is 113 cm³/mol. The Hall–Kier alpha value is -0.160. The number of hydrogen-bond acceptors (Lipinski definition) is 4. The summed E-state index contributed by atoms with van der Waals surface area (Å²) in [6.07, 6.45) is 3.08. The third kappa shape index (κ3) is 12.8. The molecule has 0 heterocycles. The van der Waals surface area contributed by atoms with E-state index in [1.54, 1.807) is 0 Å². The molecule has 0 aromatic rings. The van der Waals surface area contributed by atoms with Crippen molar-refractivity contribution in [1.82, 2.24) is 0 Å². The second kappa shape index (κ2) is 9.56. The van der Waals surface area contributed by atoms with E-state index in [4.69, 9.17) is 19.6 Å². The van der Waals surface area contributed by atoms with Crippen LogP contribution >= 0.6 is 0 Å². The molecule has 0 rings (SSSR count). The van der Waals surface area contributed by atoms with Gasteiger partial charge in [-0.25, -0.2) is 9.78 Å². The predicted octanol–water partition coefficient (Wildman–Crippen LogP) is 7.46. The first-order chi connectivity index (χ1) is 11.8. The van der Waals surface area contributed by atoms with Gasteiger partial charge >= 0.3 is 0 Å². The minimum absolute atomic E-state index is 0.145. The molecule has 4 heteroatoms. The molecule has 0 radical (unpaired) electrons. The maximum absolute atomic E-state index is 5.98. The summed E-state index contributed by atoms with van der Waals surface area (Å²) in [7, 11) is 0. The normalized spacial score (nSPS) is 14.9. The molecule has 0 saturated heterocycles. The highest BCUT2D eigenvalue weighted by molar-refractivity contribution is 4.78. The lowest BCUT2D eigenvalue weighted by molar-refractivity contribution is -0.548. The second-order valence-electron chi connectivity index (χ2n) is 12.2. The quantitative estimate of drug-likeness (QED) is 0.209. The molecule has 0 spiro atoms. The van der Waals surface area contributed by atoms with Gasteiger partial charge in [0.1, 0.15) is 0 Å². The average Bonchev–Trinajstić information content (AvgIpc) is 2.36. The molecule has 0 unspecified atom stereocenters. The first kappa shape index (κ1) is 26.8. The van der Waals surface area contributed by atoms with Gasteiger partial charge in [0.15, 0.2) is 0 Å². The zero-order valence-corrected chi connectivity index (χ0v) is 20.5. The van der Waals surface area contributed by atoms with Crippen LogP contribution in [0.1, 0.15) is 116 Å². The molecular weight excluding hydrogens is 340 g/mol. The Morgan fingerprint density at radius 1 is 0.593 bits per heavy atom. The van der Waals surface area contributed by atoms with Gasteiger partial charge in [-0.2, -0.15) is 9.78 Å². The zero-order valence-electron chi connectivity index (χ0n) is 20.5. The Morgan fingerprint density at radius 3 is 1.15 bits per heavy atom. The van der Waals surface area contributed by atoms with Crippen molar-refractivity contribution in [2.75, 3.05) is 0 Å².